The summed E-state index contributed by atoms with van der Waals surface area (Å²) in [6, 6.07) is 24.1. The van der Waals surface area contributed by atoms with E-state index in [1.807, 2.05) is 67.7 Å². The van der Waals surface area contributed by atoms with E-state index < -0.39 is 0 Å². The van der Waals surface area contributed by atoms with E-state index in [-0.39, 0.29) is 5.56 Å². The van der Waals surface area contributed by atoms with E-state index in [1.165, 1.54) is 0 Å². The van der Waals surface area contributed by atoms with E-state index >= 15 is 0 Å². The molecule has 0 unspecified atom stereocenters. The van der Waals surface area contributed by atoms with E-state index in [2.05, 4.69) is 44.0 Å². The number of aromatic nitrogens is 1. The van der Waals surface area contributed by atoms with Crippen molar-refractivity contribution in [3.8, 4) is 22.4 Å². The van der Waals surface area contributed by atoms with Crippen LogP contribution < -0.4 is 5.56 Å². The van der Waals surface area contributed by atoms with Gasteiger partial charge in [-0.3, -0.25) is 4.79 Å². The molecule has 0 saturated heterocycles. The SMILES string of the molecule is Cn1c(-c2ccc(Br)cc2)c(-c2ccc(Br)cc2)c2ccccc2c1=O. The third-order valence-electron chi connectivity index (χ3n) is 4.55. The Bertz CT molecular complexity index is 1160. The van der Waals surface area contributed by atoms with E-state index in [1.54, 1.807) is 4.57 Å². The van der Waals surface area contributed by atoms with Crippen LogP contribution in [-0.4, -0.2) is 4.57 Å². The van der Waals surface area contributed by atoms with Gasteiger partial charge in [0.05, 0.1) is 5.69 Å². The third-order valence-corrected chi connectivity index (χ3v) is 5.61. The molecule has 0 aliphatic carbocycles. The highest BCUT2D eigenvalue weighted by Crippen LogP contribution is 2.37. The summed E-state index contributed by atoms with van der Waals surface area (Å²) in [5, 5.41) is 1.70. The Morgan fingerprint density at radius 1 is 0.692 bits per heavy atom. The van der Waals surface area contributed by atoms with Crippen molar-refractivity contribution >= 4 is 42.6 Å². The Labute approximate surface area is 168 Å². The molecule has 0 radical (unpaired) electrons. The number of halogens is 2. The van der Waals surface area contributed by atoms with Crippen molar-refractivity contribution in [1.82, 2.24) is 4.57 Å². The molecule has 0 N–H and O–H groups in total. The first kappa shape index (κ1) is 17.3. The summed E-state index contributed by atoms with van der Waals surface area (Å²) in [4.78, 5) is 13.0. The van der Waals surface area contributed by atoms with Gasteiger partial charge in [-0.15, -0.1) is 0 Å². The number of hydrogen-bond acceptors (Lipinski definition) is 1. The minimum atomic E-state index is 0.0133. The van der Waals surface area contributed by atoms with Gasteiger partial charge in [0, 0.05) is 26.9 Å². The molecule has 2 nitrogen and oxygen atoms in total. The Morgan fingerprint density at radius 2 is 1.19 bits per heavy atom. The van der Waals surface area contributed by atoms with Crippen LogP contribution in [0.1, 0.15) is 0 Å². The molecular weight excluding hydrogens is 454 g/mol. The topological polar surface area (TPSA) is 22.0 Å². The lowest BCUT2D eigenvalue weighted by molar-refractivity contribution is 0.884. The van der Waals surface area contributed by atoms with Crippen molar-refractivity contribution in [3.05, 3.63) is 92.1 Å². The molecule has 0 aliphatic heterocycles. The molecule has 0 amide bonds. The van der Waals surface area contributed by atoms with Crippen LogP contribution in [-0.2, 0) is 7.05 Å². The Balaban J connectivity index is 2.17. The molecule has 0 bridgehead atoms. The summed E-state index contributed by atoms with van der Waals surface area (Å²) in [7, 11) is 1.84. The molecule has 128 valence electrons. The zero-order valence-corrected chi connectivity index (χ0v) is 17.2. The number of pyridine rings is 1. The van der Waals surface area contributed by atoms with Gasteiger partial charge in [-0.05, 0) is 46.8 Å². The molecule has 0 atom stereocenters. The van der Waals surface area contributed by atoms with Gasteiger partial charge in [-0.25, -0.2) is 0 Å². The van der Waals surface area contributed by atoms with Crippen LogP contribution in [0.4, 0.5) is 0 Å². The van der Waals surface area contributed by atoms with Gasteiger partial charge >= 0.3 is 0 Å². The van der Waals surface area contributed by atoms with Gasteiger partial charge in [0.15, 0.2) is 0 Å². The summed E-state index contributed by atoms with van der Waals surface area (Å²) >= 11 is 6.99. The molecule has 3 aromatic carbocycles. The average Bonchev–Trinajstić information content (AvgIpc) is 2.66. The van der Waals surface area contributed by atoms with Crippen molar-refractivity contribution in [1.29, 1.82) is 0 Å². The van der Waals surface area contributed by atoms with E-state index in [4.69, 9.17) is 0 Å². The summed E-state index contributed by atoms with van der Waals surface area (Å²) in [6.07, 6.45) is 0. The number of hydrogen-bond donors (Lipinski definition) is 0. The third kappa shape index (κ3) is 2.93. The van der Waals surface area contributed by atoms with Crippen LogP contribution in [0.3, 0.4) is 0 Å². The summed E-state index contributed by atoms with van der Waals surface area (Å²) in [5.74, 6) is 0. The number of nitrogens with zero attached hydrogens (tertiary/aromatic N) is 1. The highest BCUT2D eigenvalue weighted by atomic mass is 79.9. The molecule has 26 heavy (non-hydrogen) atoms. The number of rotatable bonds is 2. The van der Waals surface area contributed by atoms with Gasteiger partial charge in [-0.1, -0.05) is 74.3 Å². The predicted octanol–water partition coefficient (Wildman–Crippen LogP) is 6.40. The standard InChI is InChI=1S/C22H15Br2NO/c1-25-21(15-8-12-17(24)13-9-15)20(14-6-10-16(23)11-7-14)18-4-2-3-5-19(18)22(25)26/h2-13H,1H3. The van der Waals surface area contributed by atoms with E-state index in [0.717, 1.165) is 42.1 Å². The Kier molecular flexibility index (Phi) is 4.55. The highest BCUT2D eigenvalue weighted by molar-refractivity contribution is 9.10. The Morgan fingerprint density at radius 3 is 1.77 bits per heavy atom. The maximum absolute atomic E-state index is 13.0. The number of fused-ring (bicyclic) bond motifs is 1. The monoisotopic (exact) mass is 467 g/mol. The lowest BCUT2D eigenvalue weighted by atomic mass is 9.94. The molecule has 1 aromatic heterocycles. The summed E-state index contributed by atoms with van der Waals surface area (Å²) < 4.78 is 3.79. The van der Waals surface area contributed by atoms with Crippen LogP contribution in [0.5, 0.6) is 0 Å². The first-order valence-corrected chi connectivity index (χ1v) is 9.78. The fourth-order valence-electron chi connectivity index (χ4n) is 3.32. The van der Waals surface area contributed by atoms with Crippen LogP contribution >= 0.6 is 31.9 Å². The maximum Gasteiger partial charge on any atom is 0.258 e. The molecule has 4 aromatic rings. The predicted molar refractivity (Wildman–Crippen MR) is 115 cm³/mol. The van der Waals surface area contributed by atoms with Crippen molar-refractivity contribution in [3.63, 3.8) is 0 Å². The average molecular weight is 469 g/mol. The minimum absolute atomic E-state index is 0.0133. The lowest BCUT2D eigenvalue weighted by Gasteiger charge is -2.18. The molecule has 0 saturated carbocycles. The highest BCUT2D eigenvalue weighted by Gasteiger charge is 2.17. The second-order valence-electron chi connectivity index (χ2n) is 6.15. The summed E-state index contributed by atoms with van der Waals surface area (Å²) in [6.45, 7) is 0. The van der Waals surface area contributed by atoms with Crippen LogP contribution in [0, 0.1) is 0 Å². The lowest BCUT2D eigenvalue weighted by Crippen LogP contribution is -2.19. The van der Waals surface area contributed by atoms with Crippen molar-refractivity contribution in [2.75, 3.05) is 0 Å². The maximum atomic E-state index is 13.0. The second kappa shape index (κ2) is 6.86. The van der Waals surface area contributed by atoms with E-state index in [9.17, 15) is 4.79 Å². The van der Waals surface area contributed by atoms with Gasteiger partial charge < -0.3 is 4.57 Å². The summed E-state index contributed by atoms with van der Waals surface area (Å²) in [5.41, 5.74) is 4.09. The largest absolute Gasteiger partial charge is 0.310 e. The smallest absolute Gasteiger partial charge is 0.258 e. The molecular formula is C22H15Br2NO. The van der Waals surface area contributed by atoms with Gasteiger partial charge in [0.2, 0.25) is 0 Å². The van der Waals surface area contributed by atoms with E-state index in [0.29, 0.717) is 0 Å². The zero-order chi connectivity index (χ0) is 18.3. The van der Waals surface area contributed by atoms with Crippen LogP contribution in [0.15, 0.2) is 86.5 Å². The van der Waals surface area contributed by atoms with Crippen molar-refractivity contribution < 1.29 is 0 Å². The van der Waals surface area contributed by atoms with Gasteiger partial charge in [0.25, 0.3) is 5.56 Å². The first-order valence-electron chi connectivity index (χ1n) is 8.20. The quantitative estimate of drug-likeness (QED) is 0.333. The van der Waals surface area contributed by atoms with Crippen LogP contribution in [0.25, 0.3) is 33.2 Å². The van der Waals surface area contributed by atoms with Crippen molar-refractivity contribution in [2.45, 2.75) is 0 Å². The molecule has 0 aliphatic rings. The normalized spacial score (nSPS) is 11.0. The molecule has 0 fully saturated rings. The first-order chi connectivity index (χ1) is 12.6. The minimum Gasteiger partial charge on any atom is -0.310 e. The molecule has 1 heterocycles. The second-order valence-corrected chi connectivity index (χ2v) is 7.98. The Hall–Kier alpha value is -2.17. The molecule has 4 rings (SSSR count). The van der Waals surface area contributed by atoms with Crippen molar-refractivity contribution in [2.24, 2.45) is 7.05 Å². The van der Waals surface area contributed by atoms with Gasteiger partial charge in [0.1, 0.15) is 0 Å². The molecule has 0 spiro atoms. The fraction of sp³-hybridized carbons (Fsp3) is 0.0455. The fourth-order valence-corrected chi connectivity index (χ4v) is 3.85. The zero-order valence-electron chi connectivity index (χ0n) is 14.0. The molecule has 4 heteroatoms. The number of benzene rings is 3. The van der Waals surface area contributed by atoms with Crippen LogP contribution in [0.2, 0.25) is 0 Å². The van der Waals surface area contributed by atoms with Gasteiger partial charge in [-0.2, -0.15) is 0 Å².